The Balaban J connectivity index is 1.36. The summed E-state index contributed by atoms with van der Waals surface area (Å²) < 4.78 is 13.1. The predicted molar refractivity (Wildman–Crippen MR) is 110 cm³/mol. The largest absolute Gasteiger partial charge is 0.207 e. The van der Waals surface area contributed by atoms with Gasteiger partial charge in [-0.3, -0.25) is 0 Å². The van der Waals surface area contributed by atoms with E-state index < -0.39 is 0 Å². The van der Waals surface area contributed by atoms with E-state index in [2.05, 4.69) is 18.2 Å². The van der Waals surface area contributed by atoms with Gasteiger partial charge in [-0.25, -0.2) is 4.39 Å². The molecule has 1 aromatic rings. The molecule has 0 bridgehead atoms. The van der Waals surface area contributed by atoms with E-state index in [-0.39, 0.29) is 5.82 Å². The van der Waals surface area contributed by atoms with Crippen LogP contribution < -0.4 is 0 Å². The fraction of sp³-hybridized carbons (Fsp3) is 0.560. The van der Waals surface area contributed by atoms with Crippen LogP contribution in [0.2, 0.25) is 0 Å². The molecular weight excluding hydrogens is 333 g/mol. The van der Waals surface area contributed by atoms with E-state index in [1.54, 1.807) is 18.2 Å². The third-order valence-corrected chi connectivity index (χ3v) is 6.59. The average Bonchev–Trinajstić information content (AvgIpc) is 2.72. The minimum absolute atomic E-state index is 0.135. The fourth-order valence-electron chi connectivity index (χ4n) is 4.83. The lowest BCUT2D eigenvalue weighted by molar-refractivity contribution is 0.295. The van der Waals surface area contributed by atoms with Gasteiger partial charge < -0.3 is 0 Å². The minimum atomic E-state index is -0.135. The second-order valence-corrected chi connectivity index (χ2v) is 8.44. The molecule has 2 fully saturated rings. The molecule has 2 aliphatic rings. The summed E-state index contributed by atoms with van der Waals surface area (Å²) in [6.45, 7) is 0. The molecule has 0 amide bonds. The molecule has 1 aromatic carbocycles. The van der Waals surface area contributed by atoms with Gasteiger partial charge >= 0.3 is 0 Å². The molecule has 2 aliphatic carbocycles. The molecule has 2 heteroatoms. The number of benzene rings is 1. The van der Waals surface area contributed by atoms with Crippen molar-refractivity contribution in [2.24, 2.45) is 17.8 Å². The van der Waals surface area contributed by atoms with Crippen molar-refractivity contribution in [2.75, 3.05) is 0 Å². The Bertz CT molecular complexity index is 651. The van der Waals surface area contributed by atoms with E-state index in [9.17, 15) is 4.39 Å². The van der Waals surface area contributed by atoms with Crippen molar-refractivity contribution < 1.29 is 4.39 Å². The first-order valence-electron chi connectivity index (χ1n) is 10.7. The summed E-state index contributed by atoms with van der Waals surface area (Å²) in [5, 5.41) is 8.53. The van der Waals surface area contributed by atoms with Crippen LogP contribution in [-0.4, -0.2) is 0 Å². The zero-order valence-corrected chi connectivity index (χ0v) is 16.3. The van der Waals surface area contributed by atoms with Crippen LogP contribution in [0.3, 0.4) is 0 Å². The van der Waals surface area contributed by atoms with Crippen molar-refractivity contribution in [1.29, 1.82) is 5.26 Å². The molecule has 0 spiro atoms. The molecular formula is C25H32FN. The zero-order chi connectivity index (χ0) is 18.9. The zero-order valence-electron chi connectivity index (χ0n) is 16.3. The molecule has 0 atom stereocenters. The third-order valence-electron chi connectivity index (χ3n) is 6.59. The number of halogens is 1. The number of hydrogen-bond donors (Lipinski definition) is 0. The van der Waals surface area contributed by atoms with Crippen molar-refractivity contribution in [3.63, 3.8) is 0 Å². The highest BCUT2D eigenvalue weighted by atomic mass is 19.1. The van der Waals surface area contributed by atoms with Gasteiger partial charge in [-0.2, -0.15) is 5.26 Å². The highest BCUT2D eigenvalue weighted by Gasteiger charge is 2.22. The Morgan fingerprint density at radius 2 is 1.48 bits per heavy atom. The maximum Gasteiger partial charge on any atom is 0.123 e. The summed E-state index contributed by atoms with van der Waals surface area (Å²) in [5.74, 6) is 2.83. The Kier molecular flexibility index (Phi) is 7.69. The van der Waals surface area contributed by atoms with E-state index in [1.165, 1.54) is 63.4 Å². The lowest BCUT2D eigenvalue weighted by Crippen LogP contribution is -2.14. The molecule has 0 N–H and O–H groups in total. The standard InChI is InChI=1S/C25H32FN/c26-25-17-15-24(16-18-25)23-13-11-22(12-14-23)10-9-21-7-5-20(6-8-21)4-2-1-3-19-27/h1,3,9-10,15-18,20-23H,2,4-8,11-14H2/b3-1?,10-9+. The molecule has 27 heavy (non-hydrogen) atoms. The molecule has 0 aromatic heterocycles. The van der Waals surface area contributed by atoms with Crippen LogP contribution in [0.5, 0.6) is 0 Å². The van der Waals surface area contributed by atoms with E-state index >= 15 is 0 Å². The number of allylic oxidation sites excluding steroid dienone is 4. The van der Waals surface area contributed by atoms with E-state index in [0.29, 0.717) is 5.92 Å². The number of nitriles is 1. The smallest absolute Gasteiger partial charge is 0.123 e. The van der Waals surface area contributed by atoms with Crippen LogP contribution in [0.1, 0.15) is 75.7 Å². The van der Waals surface area contributed by atoms with Crippen molar-refractivity contribution in [3.05, 3.63) is 60.0 Å². The van der Waals surface area contributed by atoms with Crippen LogP contribution in [0.25, 0.3) is 0 Å². The summed E-state index contributed by atoms with van der Waals surface area (Å²) in [4.78, 5) is 0. The summed E-state index contributed by atoms with van der Waals surface area (Å²) in [6, 6.07) is 9.19. The van der Waals surface area contributed by atoms with Gasteiger partial charge in [0.1, 0.15) is 5.82 Å². The average molecular weight is 366 g/mol. The topological polar surface area (TPSA) is 23.8 Å². The Hall–Kier alpha value is -1.88. The van der Waals surface area contributed by atoms with Gasteiger partial charge in [-0.15, -0.1) is 0 Å². The van der Waals surface area contributed by atoms with Gasteiger partial charge in [-0.1, -0.05) is 30.4 Å². The molecule has 0 radical (unpaired) electrons. The highest BCUT2D eigenvalue weighted by Crippen LogP contribution is 2.37. The number of rotatable bonds is 6. The number of hydrogen-bond acceptors (Lipinski definition) is 1. The molecule has 0 unspecified atom stereocenters. The fourth-order valence-corrected chi connectivity index (χ4v) is 4.83. The summed E-state index contributed by atoms with van der Waals surface area (Å²) >= 11 is 0. The Labute approximate surface area is 164 Å². The lowest BCUT2D eigenvalue weighted by atomic mass is 9.77. The monoisotopic (exact) mass is 365 g/mol. The van der Waals surface area contributed by atoms with Gasteiger partial charge in [-0.05, 0) is 106 Å². The SMILES string of the molecule is N#CC=CCCC1CCC(/C=C/C2CCC(c3ccc(F)cc3)CC2)CC1. The third kappa shape index (κ3) is 6.35. The van der Waals surface area contributed by atoms with Crippen molar-refractivity contribution in [3.8, 4) is 6.07 Å². The van der Waals surface area contributed by atoms with Crippen molar-refractivity contribution >= 4 is 0 Å². The van der Waals surface area contributed by atoms with E-state index in [1.807, 2.05) is 18.2 Å². The lowest BCUT2D eigenvalue weighted by Gasteiger charge is -2.29. The van der Waals surface area contributed by atoms with Crippen molar-refractivity contribution in [2.45, 2.75) is 70.1 Å². The van der Waals surface area contributed by atoms with Gasteiger partial charge in [0, 0.05) is 6.08 Å². The molecule has 144 valence electrons. The van der Waals surface area contributed by atoms with Crippen LogP contribution >= 0.6 is 0 Å². The molecule has 0 saturated heterocycles. The summed E-state index contributed by atoms with van der Waals surface area (Å²) in [6.07, 6.45) is 21.2. The predicted octanol–water partition coefficient (Wildman–Crippen LogP) is 7.32. The van der Waals surface area contributed by atoms with E-state index in [4.69, 9.17) is 5.26 Å². The molecule has 3 rings (SSSR count). The maximum absolute atomic E-state index is 13.1. The second kappa shape index (κ2) is 10.5. The maximum atomic E-state index is 13.1. The van der Waals surface area contributed by atoms with Gasteiger partial charge in [0.2, 0.25) is 0 Å². The molecule has 0 aliphatic heterocycles. The molecule has 0 heterocycles. The van der Waals surface area contributed by atoms with Crippen LogP contribution in [0, 0.1) is 34.9 Å². The molecule has 1 nitrogen and oxygen atoms in total. The van der Waals surface area contributed by atoms with Crippen LogP contribution in [0.4, 0.5) is 4.39 Å². The van der Waals surface area contributed by atoms with Crippen molar-refractivity contribution in [1.82, 2.24) is 0 Å². The quantitative estimate of drug-likeness (QED) is 0.382. The van der Waals surface area contributed by atoms with Gasteiger partial charge in [0.15, 0.2) is 0 Å². The Morgan fingerprint density at radius 1 is 0.889 bits per heavy atom. The van der Waals surface area contributed by atoms with E-state index in [0.717, 1.165) is 24.2 Å². The first kappa shape index (κ1) is 19.9. The van der Waals surface area contributed by atoms with Gasteiger partial charge in [0.25, 0.3) is 0 Å². The minimum Gasteiger partial charge on any atom is -0.207 e. The van der Waals surface area contributed by atoms with Gasteiger partial charge in [0.05, 0.1) is 6.07 Å². The normalized spacial score (nSPS) is 29.2. The summed E-state index contributed by atoms with van der Waals surface area (Å²) in [5.41, 5.74) is 1.31. The second-order valence-electron chi connectivity index (χ2n) is 8.44. The Morgan fingerprint density at radius 3 is 2.07 bits per heavy atom. The summed E-state index contributed by atoms with van der Waals surface area (Å²) in [7, 11) is 0. The van der Waals surface area contributed by atoms with Crippen LogP contribution in [0.15, 0.2) is 48.6 Å². The van der Waals surface area contributed by atoms with Crippen LogP contribution in [-0.2, 0) is 0 Å². The first-order valence-corrected chi connectivity index (χ1v) is 10.7. The molecule has 2 saturated carbocycles. The highest BCUT2D eigenvalue weighted by molar-refractivity contribution is 5.21. The first-order chi connectivity index (χ1) is 13.2. The number of nitrogens with zero attached hydrogens (tertiary/aromatic N) is 1.